The molecule has 6 unspecified atom stereocenters. The molecule has 16 heteroatoms. The number of likely N-dealkylation sites (N-methyl/N-ethyl adjacent to an activating group) is 1. The van der Waals surface area contributed by atoms with Crippen LogP contribution < -0.4 is 9.47 Å². The van der Waals surface area contributed by atoms with Gasteiger partial charge in [-0.1, -0.05) is 36.2 Å². The second-order valence-electron chi connectivity index (χ2n) is 17.2. The normalized spacial score (nSPS) is 22.2. The number of aliphatic hydroxyl groups is 2. The fourth-order valence-corrected chi connectivity index (χ4v) is 9.70. The number of carbonyl (C=O) groups is 1. The third kappa shape index (κ3) is 11.1. The van der Waals surface area contributed by atoms with E-state index >= 15 is 0 Å². The van der Waals surface area contributed by atoms with Gasteiger partial charge in [0.2, 0.25) is 11.7 Å². The highest BCUT2D eigenvalue weighted by Gasteiger charge is 2.65. The molecule has 1 aromatic heterocycles. The number of fused-ring (bicyclic) bond motifs is 2. The largest absolute Gasteiger partial charge is 0.487 e. The number of oxime groups is 1. The molecule has 2 aliphatic carbocycles. The number of amides is 1. The number of unbranched alkanes of at least 4 members (excludes halogenated alkanes) is 2. The molecular weight excluding hydrogens is 859 g/mol. The first-order chi connectivity index (χ1) is 32.5. The average molecular weight is 916 g/mol. The number of carbonyl (C=O) groups excluding carboxylic acids is 1. The van der Waals surface area contributed by atoms with E-state index in [1.807, 2.05) is 43.3 Å². The number of hydrogen-bond acceptors (Lipinski definition) is 13. The van der Waals surface area contributed by atoms with Crippen LogP contribution in [0.4, 0.5) is 11.4 Å². The highest BCUT2D eigenvalue weighted by molar-refractivity contribution is 6.03. The van der Waals surface area contributed by atoms with Gasteiger partial charge in [-0.25, -0.2) is 0 Å². The summed E-state index contributed by atoms with van der Waals surface area (Å²) in [5, 5.41) is 47.4. The molecule has 0 bridgehead atoms. The zero-order chi connectivity index (χ0) is 47.5. The van der Waals surface area contributed by atoms with Crippen LogP contribution in [0.5, 0.6) is 11.5 Å². The van der Waals surface area contributed by atoms with E-state index < -0.39 is 27.6 Å². The molecule has 7 rings (SSSR count). The van der Waals surface area contributed by atoms with Gasteiger partial charge in [0.25, 0.3) is 11.4 Å². The first kappa shape index (κ1) is 48.2. The number of benzene rings is 3. The van der Waals surface area contributed by atoms with Crippen molar-refractivity contribution in [2.45, 2.75) is 82.8 Å². The number of aromatic nitrogens is 1. The number of ether oxygens (including phenoxy) is 3. The molecule has 2 N–H and O–H groups in total. The number of rotatable bonds is 22. The Morgan fingerprint density at radius 1 is 0.955 bits per heavy atom. The first-order valence-electron chi connectivity index (χ1n) is 22.6. The molecule has 16 nitrogen and oxygen atoms in total. The Hall–Kier alpha value is -6.75. The van der Waals surface area contributed by atoms with E-state index in [4.69, 9.17) is 24.2 Å². The number of nitro benzene ring substituents is 2. The molecule has 1 amide bonds. The summed E-state index contributed by atoms with van der Waals surface area (Å²) in [4.78, 5) is 48.5. The molecule has 1 aliphatic heterocycles. The molecule has 1 fully saturated rings. The lowest BCUT2D eigenvalue weighted by Gasteiger charge is -2.59. The minimum absolute atomic E-state index is 0.00831. The second kappa shape index (κ2) is 22.2. The topological polar surface area (TPSA) is 209 Å². The van der Waals surface area contributed by atoms with E-state index in [1.165, 1.54) is 30.3 Å². The van der Waals surface area contributed by atoms with Crippen molar-refractivity contribution in [3.63, 3.8) is 0 Å². The number of pyridine rings is 1. The maximum atomic E-state index is 14.4. The number of aliphatic hydroxyl groups excluding tert-OH is 2. The van der Waals surface area contributed by atoms with E-state index in [0.717, 1.165) is 48.2 Å². The van der Waals surface area contributed by atoms with E-state index in [0.29, 0.717) is 41.2 Å². The molecule has 352 valence electrons. The minimum Gasteiger partial charge on any atom is -0.487 e. The molecule has 3 aromatic carbocycles. The lowest BCUT2D eigenvalue weighted by Crippen LogP contribution is -2.69. The molecular formula is C51H57N5O11. The molecule has 0 radical (unpaired) electrons. The van der Waals surface area contributed by atoms with Crippen molar-refractivity contribution in [2.75, 3.05) is 26.9 Å². The molecule has 2 heterocycles. The zero-order valence-electron chi connectivity index (χ0n) is 37.8. The second-order valence-corrected chi connectivity index (χ2v) is 17.2. The summed E-state index contributed by atoms with van der Waals surface area (Å²) in [6.45, 7) is 6.34. The van der Waals surface area contributed by atoms with Gasteiger partial charge in [-0.2, -0.15) is 0 Å². The Balaban J connectivity index is 1.37. The van der Waals surface area contributed by atoms with Crippen LogP contribution in [0, 0.1) is 44.9 Å². The van der Waals surface area contributed by atoms with Gasteiger partial charge >= 0.3 is 0 Å². The van der Waals surface area contributed by atoms with Crippen LogP contribution in [0.15, 0.2) is 120 Å². The van der Waals surface area contributed by atoms with Gasteiger partial charge in [0.1, 0.15) is 30.8 Å². The van der Waals surface area contributed by atoms with Gasteiger partial charge < -0.3 is 34.2 Å². The number of nitro groups is 2. The number of hydrogen-bond donors (Lipinski definition) is 2. The van der Waals surface area contributed by atoms with Gasteiger partial charge in [0, 0.05) is 74.2 Å². The summed E-state index contributed by atoms with van der Waals surface area (Å²) < 4.78 is 20.6. The summed E-state index contributed by atoms with van der Waals surface area (Å²) >= 11 is 0. The third-order valence-corrected chi connectivity index (χ3v) is 12.9. The van der Waals surface area contributed by atoms with E-state index in [-0.39, 0.29) is 74.5 Å². The Labute approximate surface area is 389 Å². The van der Waals surface area contributed by atoms with Crippen LogP contribution in [0.3, 0.4) is 0 Å². The standard InChI is InChI=1S/C51H57N5O11/c1-4-28-65-51-47(54(3)48(59)25-18-35-14-19-39(20-15-35)55(60)61)31-45(53-66-32-36-16-21-40(22-17-36)56(62)63)43-29-37(11-5-7-26-57)42(13-6-8-27-58)49(50(43)51)44-30-41(23-24-46(44)67-51)64-33-38-12-9-10-34(2)52-38/h4,9-10,12,14-25,29-30,37,42,47,49-50,57-58H,1,5-8,11,13,26-28,31-33H2,2-3H3. The summed E-state index contributed by atoms with van der Waals surface area (Å²) in [6.07, 6.45) is 11.3. The highest BCUT2D eigenvalue weighted by Crippen LogP contribution is 2.62. The van der Waals surface area contributed by atoms with E-state index in [2.05, 4.69) is 17.6 Å². The lowest BCUT2D eigenvalue weighted by atomic mass is 9.55. The van der Waals surface area contributed by atoms with Gasteiger partial charge in [-0.05, 0) is 122 Å². The number of allylic oxidation sites excluding steroid dienone is 1. The van der Waals surface area contributed by atoms with Gasteiger partial charge in [0.15, 0.2) is 0 Å². The monoisotopic (exact) mass is 915 g/mol. The Morgan fingerprint density at radius 2 is 1.66 bits per heavy atom. The van der Waals surface area contributed by atoms with Gasteiger partial charge in [-0.3, -0.25) is 30.0 Å². The van der Waals surface area contributed by atoms with Crippen molar-refractivity contribution >= 4 is 29.1 Å². The Bertz CT molecular complexity index is 2490. The predicted octanol–water partition coefficient (Wildman–Crippen LogP) is 8.79. The molecule has 4 aromatic rings. The fourth-order valence-electron chi connectivity index (χ4n) is 9.70. The minimum atomic E-state index is -1.50. The molecule has 3 aliphatic rings. The van der Waals surface area contributed by atoms with Crippen molar-refractivity contribution in [1.82, 2.24) is 9.88 Å². The molecule has 0 saturated heterocycles. The molecule has 1 saturated carbocycles. The van der Waals surface area contributed by atoms with Gasteiger partial charge in [0.05, 0.1) is 33.8 Å². The lowest BCUT2D eigenvalue weighted by molar-refractivity contribution is -0.385. The third-order valence-electron chi connectivity index (χ3n) is 12.9. The summed E-state index contributed by atoms with van der Waals surface area (Å²) in [6, 6.07) is 22.7. The van der Waals surface area contributed by atoms with Crippen molar-refractivity contribution in [3.05, 3.63) is 164 Å². The quantitative estimate of drug-likeness (QED) is 0.0249. The van der Waals surface area contributed by atoms with E-state index in [9.17, 15) is 35.2 Å². The van der Waals surface area contributed by atoms with E-state index in [1.54, 1.807) is 48.4 Å². The summed E-state index contributed by atoms with van der Waals surface area (Å²) in [5.41, 5.74) is 5.09. The maximum absolute atomic E-state index is 14.4. The van der Waals surface area contributed by atoms with Crippen LogP contribution in [-0.2, 0) is 27.6 Å². The zero-order valence-corrected chi connectivity index (χ0v) is 37.8. The highest BCUT2D eigenvalue weighted by atomic mass is 16.7. The fraction of sp³-hybridized carbons (Fsp3) is 0.392. The van der Waals surface area contributed by atoms with Crippen LogP contribution in [-0.4, -0.2) is 80.3 Å². The number of non-ortho nitro benzene ring substituents is 2. The predicted molar refractivity (Wildman–Crippen MR) is 251 cm³/mol. The summed E-state index contributed by atoms with van der Waals surface area (Å²) in [7, 11) is 1.68. The number of aryl methyl sites for hydroxylation is 1. The van der Waals surface area contributed by atoms with Crippen molar-refractivity contribution < 1.29 is 43.9 Å². The summed E-state index contributed by atoms with van der Waals surface area (Å²) in [5.74, 6) is -1.61. The van der Waals surface area contributed by atoms with Crippen molar-refractivity contribution in [2.24, 2.45) is 22.9 Å². The van der Waals surface area contributed by atoms with Crippen LogP contribution in [0.1, 0.15) is 78.9 Å². The van der Waals surface area contributed by atoms with Crippen LogP contribution in [0.25, 0.3) is 6.08 Å². The van der Waals surface area contributed by atoms with Crippen molar-refractivity contribution in [3.8, 4) is 11.5 Å². The van der Waals surface area contributed by atoms with Crippen LogP contribution in [0.2, 0.25) is 0 Å². The Kier molecular flexibility index (Phi) is 15.9. The number of nitrogens with zero attached hydrogens (tertiary/aromatic N) is 5. The Morgan fingerprint density at radius 3 is 2.33 bits per heavy atom. The maximum Gasteiger partial charge on any atom is 0.269 e. The first-order valence-corrected chi connectivity index (χ1v) is 22.6. The van der Waals surface area contributed by atoms with Gasteiger partial charge in [-0.15, -0.1) is 6.58 Å². The van der Waals surface area contributed by atoms with Crippen LogP contribution >= 0.6 is 0 Å². The molecule has 0 spiro atoms. The molecule has 6 atom stereocenters. The SMILES string of the molecule is C=CCOC12Oc3ccc(OCc4cccc(C)n4)cc3C3C(CCCCO)C(CCCCO)C=C(C(=NOCc4ccc([N+](=O)[O-])cc4)CC1N(C)C(=O)C=Cc1ccc([N+](=O)[O-])cc1)C32. The van der Waals surface area contributed by atoms with Crippen molar-refractivity contribution in [1.29, 1.82) is 0 Å². The average Bonchev–Trinajstić information content (AvgIpc) is 3.33. The molecule has 67 heavy (non-hydrogen) atoms. The smallest absolute Gasteiger partial charge is 0.269 e.